The number of methoxy groups -OCH3 is 2. The fourth-order valence-corrected chi connectivity index (χ4v) is 2.27. The second-order valence-corrected chi connectivity index (χ2v) is 4.98. The molecule has 6 nitrogen and oxygen atoms in total. The highest BCUT2D eigenvalue weighted by molar-refractivity contribution is 6.05. The molecule has 0 saturated carbocycles. The number of ketones is 1. The van der Waals surface area contributed by atoms with Gasteiger partial charge in [0, 0.05) is 23.9 Å². The summed E-state index contributed by atoms with van der Waals surface area (Å²) in [6.07, 6.45) is 3.01. The highest BCUT2D eigenvalue weighted by Crippen LogP contribution is 2.32. The van der Waals surface area contributed by atoms with Crippen LogP contribution in [0.5, 0.6) is 23.0 Å². The van der Waals surface area contributed by atoms with Gasteiger partial charge in [-0.2, -0.15) is 0 Å². The van der Waals surface area contributed by atoms with E-state index in [2.05, 4.69) is 5.32 Å². The van der Waals surface area contributed by atoms with E-state index in [1.807, 2.05) is 6.07 Å². The lowest BCUT2D eigenvalue weighted by Crippen LogP contribution is -1.98. The van der Waals surface area contributed by atoms with E-state index in [1.165, 1.54) is 6.08 Å². The maximum absolute atomic E-state index is 12.2. The van der Waals surface area contributed by atoms with E-state index in [0.29, 0.717) is 28.6 Å². The minimum absolute atomic E-state index is 0.145. The van der Waals surface area contributed by atoms with Gasteiger partial charge in [0.15, 0.2) is 17.3 Å². The maximum Gasteiger partial charge on any atom is 0.231 e. The molecule has 1 heterocycles. The molecular weight excluding hydrogens is 310 g/mol. The number of ether oxygens (including phenoxy) is 4. The molecule has 1 aliphatic heterocycles. The highest BCUT2D eigenvalue weighted by atomic mass is 16.7. The fourth-order valence-electron chi connectivity index (χ4n) is 2.27. The van der Waals surface area contributed by atoms with Crippen molar-refractivity contribution in [3.05, 3.63) is 54.2 Å². The van der Waals surface area contributed by atoms with Crippen LogP contribution >= 0.6 is 0 Å². The van der Waals surface area contributed by atoms with E-state index in [0.717, 1.165) is 5.69 Å². The minimum Gasteiger partial charge on any atom is -0.497 e. The smallest absolute Gasteiger partial charge is 0.231 e. The van der Waals surface area contributed by atoms with Crippen LogP contribution in [0.25, 0.3) is 0 Å². The summed E-state index contributed by atoms with van der Waals surface area (Å²) in [4.78, 5) is 12.2. The van der Waals surface area contributed by atoms with Gasteiger partial charge in [-0.15, -0.1) is 0 Å². The van der Waals surface area contributed by atoms with Crippen molar-refractivity contribution in [1.82, 2.24) is 0 Å². The molecule has 0 fully saturated rings. The van der Waals surface area contributed by atoms with Gasteiger partial charge in [-0.3, -0.25) is 4.79 Å². The molecule has 2 aromatic carbocycles. The Morgan fingerprint density at radius 2 is 1.92 bits per heavy atom. The first-order valence-electron chi connectivity index (χ1n) is 7.30. The number of allylic oxidation sites excluding steroid dienone is 1. The lowest BCUT2D eigenvalue weighted by molar-refractivity contribution is 0.104. The summed E-state index contributed by atoms with van der Waals surface area (Å²) in [7, 11) is 3.16. The number of rotatable bonds is 6. The van der Waals surface area contributed by atoms with Crippen LogP contribution in [0.15, 0.2) is 48.7 Å². The largest absolute Gasteiger partial charge is 0.497 e. The lowest BCUT2D eigenvalue weighted by Gasteiger charge is -2.09. The van der Waals surface area contributed by atoms with Crippen molar-refractivity contribution in [3.63, 3.8) is 0 Å². The monoisotopic (exact) mass is 327 g/mol. The SMILES string of the molecule is COc1ccc(NC=CC(=O)c2ccc3c(c2)OCO3)c(OC)c1. The summed E-state index contributed by atoms with van der Waals surface area (Å²) in [5.41, 5.74) is 1.26. The number of carbonyl (C=O) groups is 1. The van der Waals surface area contributed by atoms with Crippen LogP contribution < -0.4 is 24.3 Å². The van der Waals surface area contributed by atoms with E-state index in [-0.39, 0.29) is 12.6 Å². The van der Waals surface area contributed by atoms with E-state index < -0.39 is 0 Å². The maximum atomic E-state index is 12.2. The molecule has 6 heteroatoms. The summed E-state index contributed by atoms with van der Waals surface area (Å²) >= 11 is 0. The quantitative estimate of drug-likeness (QED) is 0.649. The Hall–Kier alpha value is -3.15. The van der Waals surface area contributed by atoms with Crippen LogP contribution in [0.4, 0.5) is 5.69 Å². The van der Waals surface area contributed by atoms with Gasteiger partial charge < -0.3 is 24.3 Å². The summed E-state index contributed by atoms with van der Waals surface area (Å²) in [5, 5.41) is 3.03. The normalized spacial score (nSPS) is 12.2. The Labute approximate surface area is 139 Å². The molecular formula is C18H17NO5. The predicted octanol–water partition coefficient (Wildman–Crippen LogP) is 3.24. The summed E-state index contributed by atoms with van der Waals surface area (Å²) in [6.45, 7) is 0.182. The lowest BCUT2D eigenvalue weighted by atomic mass is 10.1. The number of hydrogen-bond acceptors (Lipinski definition) is 6. The van der Waals surface area contributed by atoms with Crippen LogP contribution in [0.3, 0.4) is 0 Å². The molecule has 0 saturated heterocycles. The van der Waals surface area contributed by atoms with Crippen LogP contribution in [0.2, 0.25) is 0 Å². The minimum atomic E-state index is -0.145. The molecule has 3 rings (SSSR count). The van der Waals surface area contributed by atoms with E-state index in [1.54, 1.807) is 50.8 Å². The standard InChI is InChI=1S/C18H17NO5/c1-21-13-4-5-14(17(10-13)22-2)19-8-7-15(20)12-3-6-16-18(9-12)24-11-23-16/h3-10,19H,11H2,1-2H3. The summed E-state index contributed by atoms with van der Waals surface area (Å²) < 4.78 is 20.9. The number of fused-ring (bicyclic) bond motifs is 1. The predicted molar refractivity (Wildman–Crippen MR) is 89.2 cm³/mol. The molecule has 0 aromatic heterocycles. The molecule has 0 spiro atoms. The fraction of sp³-hybridized carbons (Fsp3) is 0.167. The Morgan fingerprint density at radius 3 is 2.71 bits per heavy atom. The zero-order chi connectivity index (χ0) is 16.9. The van der Waals surface area contributed by atoms with Gasteiger partial charge in [0.05, 0.1) is 19.9 Å². The molecule has 1 N–H and O–H groups in total. The first-order valence-corrected chi connectivity index (χ1v) is 7.30. The van der Waals surface area contributed by atoms with Crippen LogP contribution in [0, 0.1) is 0 Å². The van der Waals surface area contributed by atoms with Gasteiger partial charge in [0.1, 0.15) is 11.5 Å². The molecule has 0 radical (unpaired) electrons. The molecule has 0 unspecified atom stereocenters. The second kappa shape index (κ2) is 6.95. The Bertz CT molecular complexity index is 785. The van der Waals surface area contributed by atoms with E-state index in [9.17, 15) is 4.79 Å². The third-order valence-electron chi connectivity index (χ3n) is 3.54. The Kier molecular flexibility index (Phi) is 4.56. The number of anilines is 1. The van der Waals surface area contributed by atoms with Crippen LogP contribution in [-0.2, 0) is 0 Å². The van der Waals surface area contributed by atoms with E-state index >= 15 is 0 Å². The van der Waals surface area contributed by atoms with Crippen molar-refractivity contribution in [2.24, 2.45) is 0 Å². The number of nitrogens with one attached hydrogen (secondary N) is 1. The molecule has 24 heavy (non-hydrogen) atoms. The molecule has 2 aromatic rings. The first-order chi connectivity index (χ1) is 11.7. The van der Waals surface area contributed by atoms with Gasteiger partial charge >= 0.3 is 0 Å². The number of hydrogen-bond donors (Lipinski definition) is 1. The van der Waals surface area contributed by atoms with Crippen molar-refractivity contribution in [1.29, 1.82) is 0 Å². The van der Waals surface area contributed by atoms with Crippen LogP contribution in [-0.4, -0.2) is 26.8 Å². The van der Waals surface area contributed by atoms with E-state index in [4.69, 9.17) is 18.9 Å². The average Bonchev–Trinajstić information content (AvgIpc) is 3.09. The molecule has 0 amide bonds. The topological polar surface area (TPSA) is 66.0 Å². The van der Waals surface area contributed by atoms with Gasteiger partial charge in [0.2, 0.25) is 6.79 Å². The summed E-state index contributed by atoms with van der Waals surface area (Å²) in [5.74, 6) is 2.40. The summed E-state index contributed by atoms with van der Waals surface area (Å²) in [6, 6.07) is 10.5. The number of benzene rings is 2. The van der Waals surface area contributed by atoms with Crippen molar-refractivity contribution in [2.45, 2.75) is 0 Å². The van der Waals surface area contributed by atoms with Gasteiger partial charge in [-0.25, -0.2) is 0 Å². The van der Waals surface area contributed by atoms with Gasteiger partial charge in [-0.1, -0.05) is 0 Å². The van der Waals surface area contributed by atoms with Crippen LogP contribution in [0.1, 0.15) is 10.4 Å². The van der Waals surface area contributed by atoms with Gasteiger partial charge in [-0.05, 0) is 30.3 Å². The van der Waals surface area contributed by atoms with Gasteiger partial charge in [0.25, 0.3) is 0 Å². The molecule has 124 valence electrons. The zero-order valence-electron chi connectivity index (χ0n) is 13.4. The number of carbonyl (C=O) groups excluding carboxylic acids is 1. The molecule has 0 atom stereocenters. The molecule has 0 aliphatic carbocycles. The highest BCUT2D eigenvalue weighted by Gasteiger charge is 2.15. The molecule has 1 aliphatic rings. The zero-order valence-corrected chi connectivity index (χ0v) is 13.4. The van der Waals surface area contributed by atoms with Crippen molar-refractivity contribution in [3.8, 4) is 23.0 Å². The van der Waals surface area contributed by atoms with Crippen molar-refractivity contribution in [2.75, 3.05) is 26.3 Å². The van der Waals surface area contributed by atoms with Crippen molar-refractivity contribution < 1.29 is 23.7 Å². The molecule has 0 bridgehead atoms. The Balaban J connectivity index is 1.69. The first kappa shape index (κ1) is 15.7. The Morgan fingerprint density at radius 1 is 1.08 bits per heavy atom. The average molecular weight is 327 g/mol. The van der Waals surface area contributed by atoms with Crippen molar-refractivity contribution >= 4 is 11.5 Å². The third-order valence-corrected chi connectivity index (χ3v) is 3.54. The second-order valence-electron chi connectivity index (χ2n) is 4.98. The third kappa shape index (κ3) is 3.27.